The molecule has 2 aromatic rings. The number of ether oxygens (including phenoxy) is 1. The van der Waals surface area contributed by atoms with Gasteiger partial charge in [-0.25, -0.2) is 4.39 Å². The molecule has 2 aromatic carbocycles. The zero-order valence-corrected chi connectivity index (χ0v) is 15.8. The van der Waals surface area contributed by atoms with Crippen molar-refractivity contribution in [2.24, 2.45) is 0 Å². The quantitative estimate of drug-likeness (QED) is 0.719. The number of halogens is 1. The molecule has 1 aliphatic heterocycles. The van der Waals surface area contributed by atoms with Gasteiger partial charge in [-0.2, -0.15) is 0 Å². The van der Waals surface area contributed by atoms with Gasteiger partial charge in [0.1, 0.15) is 5.82 Å². The molecule has 0 aromatic heterocycles. The number of rotatable bonds is 7. The van der Waals surface area contributed by atoms with Crippen LogP contribution in [0.4, 0.5) is 15.8 Å². The summed E-state index contributed by atoms with van der Waals surface area (Å²) >= 11 is 0. The van der Waals surface area contributed by atoms with Gasteiger partial charge < -0.3 is 20.3 Å². The normalized spacial score (nSPS) is 13.4. The number of nitrogens with zero attached hydrogens (tertiary/aromatic N) is 1. The standard InChI is InChI=1S/C21H24FN3O3/c1-28-13-10-23-21(27)18-14-17(8-9-19(18)25-11-2-3-12-25)24-20(26)15-4-6-16(22)7-5-15/h4-9,14H,2-3,10-13H2,1H3,(H,23,27)(H,24,26). The van der Waals surface area contributed by atoms with E-state index in [-0.39, 0.29) is 11.8 Å². The van der Waals surface area contributed by atoms with Gasteiger partial charge in [0.05, 0.1) is 12.2 Å². The molecule has 1 fully saturated rings. The first kappa shape index (κ1) is 19.8. The van der Waals surface area contributed by atoms with Crippen molar-refractivity contribution in [1.82, 2.24) is 5.32 Å². The fourth-order valence-electron chi connectivity index (χ4n) is 3.20. The molecule has 28 heavy (non-hydrogen) atoms. The summed E-state index contributed by atoms with van der Waals surface area (Å²) in [5.41, 5.74) is 2.22. The van der Waals surface area contributed by atoms with E-state index < -0.39 is 5.82 Å². The number of nitrogens with one attached hydrogen (secondary N) is 2. The maximum absolute atomic E-state index is 13.0. The van der Waals surface area contributed by atoms with Crippen LogP contribution in [0.3, 0.4) is 0 Å². The van der Waals surface area contributed by atoms with Gasteiger partial charge in [-0.1, -0.05) is 0 Å². The summed E-state index contributed by atoms with van der Waals surface area (Å²) in [6.07, 6.45) is 2.18. The highest BCUT2D eigenvalue weighted by molar-refractivity contribution is 6.06. The molecule has 2 amide bonds. The molecule has 1 saturated heterocycles. The number of anilines is 2. The van der Waals surface area contributed by atoms with E-state index in [4.69, 9.17) is 4.74 Å². The van der Waals surface area contributed by atoms with Crippen LogP contribution < -0.4 is 15.5 Å². The van der Waals surface area contributed by atoms with Gasteiger partial charge in [-0.05, 0) is 55.3 Å². The number of carbonyl (C=O) groups excluding carboxylic acids is 2. The maximum Gasteiger partial charge on any atom is 0.255 e. The second-order valence-electron chi connectivity index (χ2n) is 6.64. The largest absolute Gasteiger partial charge is 0.383 e. The number of carbonyl (C=O) groups is 2. The minimum Gasteiger partial charge on any atom is -0.383 e. The Bertz CT molecular complexity index is 833. The zero-order valence-electron chi connectivity index (χ0n) is 15.8. The van der Waals surface area contributed by atoms with Crippen LogP contribution in [0.5, 0.6) is 0 Å². The summed E-state index contributed by atoms with van der Waals surface area (Å²) < 4.78 is 18.0. The summed E-state index contributed by atoms with van der Waals surface area (Å²) in [4.78, 5) is 27.3. The molecule has 1 heterocycles. The van der Waals surface area contributed by atoms with Crippen LogP contribution in [0.25, 0.3) is 0 Å². The minimum atomic E-state index is -0.401. The molecule has 0 radical (unpaired) electrons. The number of hydrogen-bond acceptors (Lipinski definition) is 4. The van der Waals surface area contributed by atoms with Gasteiger partial charge in [0.2, 0.25) is 0 Å². The van der Waals surface area contributed by atoms with Crippen molar-refractivity contribution in [3.8, 4) is 0 Å². The Hall–Kier alpha value is -2.93. The molecule has 7 heteroatoms. The van der Waals surface area contributed by atoms with Gasteiger partial charge in [0, 0.05) is 43.7 Å². The van der Waals surface area contributed by atoms with E-state index in [1.807, 2.05) is 6.07 Å². The van der Waals surface area contributed by atoms with Crippen LogP contribution in [-0.2, 0) is 4.74 Å². The SMILES string of the molecule is COCCNC(=O)c1cc(NC(=O)c2ccc(F)cc2)ccc1N1CCCC1. The number of methoxy groups -OCH3 is 1. The molecule has 0 bridgehead atoms. The van der Waals surface area contributed by atoms with Crippen LogP contribution >= 0.6 is 0 Å². The van der Waals surface area contributed by atoms with E-state index in [9.17, 15) is 14.0 Å². The zero-order chi connectivity index (χ0) is 19.9. The Kier molecular flexibility index (Phi) is 6.60. The average Bonchev–Trinajstić information content (AvgIpc) is 3.23. The topological polar surface area (TPSA) is 70.7 Å². The van der Waals surface area contributed by atoms with E-state index in [1.54, 1.807) is 19.2 Å². The summed E-state index contributed by atoms with van der Waals surface area (Å²) in [5, 5.41) is 5.61. The molecular weight excluding hydrogens is 361 g/mol. The minimum absolute atomic E-state index is 0.211. The Morgan fingerprint density at radius 3 is 2.46 bits per heavy atom. The number of hydrogen-bond donors (Lipinski definition) is 2. The highest BCUT2D eigenvalue weighted by atomic mass is 19.1. The third-order valence-corrected chi connectivity index (χ3v) is 4.64. The highest BCUT2D eigenvalue weighted by Crippen LogP contribution is 2.28. The van der Waals surface area contributed by atoms with Crippen LogP contribution in [0.2, 0.25) is 0 Å². The lowest BCUT2D eigenvalue weighted by Crippen LogP contribution is -2.30. The van der Waals surface area contributed by atoms with Gasteiger partial charge in [0.25, 0.3) is 11.8 Å². The smallest absolute Gasteiger partial charge is 0.255 e. The third kappa shape index (κ3) is 4.86. The van der Waals surface area contributed by atoms with Crippen molar-refractivity contribution >= 4 is 23.2 Å². The van der Waals surface area contributed by atoms with Crippen molar-refractivity contribution in [2.75, 3.05) is 43.6 Å². The fraction of sp³-hybridized carbons (Fsp3) is 0.333. The Morgan fingerprint density at radius 1 is 1.07 bits per heavy atom. The summed E-state index contributed by atoms with van der Waals surface area (Å²) in [5.74, 6) is -0.974. The summed E-state index contributed by atoms with van der Waals surface area (Å²) in [6.45, 7) is 2.63. The maximum atomic E-state index is 13.0. The van der Waals surface area contributed by atoms with E-state index in [0.717, 1.165) is 31.6 Å². The summed E-state index contributed by atoms with van der Waals surface area (Å²) in [6, 6.07) is 10.6. The van der Waals surface area contributed by atoms with Crippen LogP contribution in [-0.4, -0.2) is 45.2 Å². The van der Waals surface area contributed by atoms with Gasteiger partial charge in [0.15, 0.2) is 0 Å². The molecule has 1 aliphatic rings. The van der Waals surface area contributed by atoms with Crippen LogP contribution in [0.15, 0.2) is 42.5 Å². The molecule has 6 nitrogen and oxygen atoms in total. The number of amides is 2. The molecule has 0 spiro atoms. The third-order valence-electron chi connectivity index (χ3n) is 4.64. The molecule has 0 saturated carbocycles. The fourth-order valence-corrected chi connectivity index (χ4v) is 3.20. The second kappa shape index (κ2) is 9.32. The molecule has 148 valence electrons. The van der Waals surface area contributed by atoms with Crippen molar-refractivity contribution < 1.29 is 18.7 Å². The van der Waals surface area contributed by atoms with E-state index in [2.05, 4.69) is 15.5 Å². The lowest BCUT2D eigenvalue weighted by molar-refractivity contribution is 0.0936. The Balaban J connectivity index is 1.81. The van der Waals surface area contributed by atoms with Crippen LogP contribution in [0, 0.1) is 5.82 Å². The van der Waals surface area contributed by atoms with Crippen molar-refractivity contribution in [1.29, 1.82) is 0 Å². The molecule has 0 unspecified atom stereocenters. The first-order valence-corrected chi connectivity index (χ1v) is 9.31. The second-order valence-corrected chi connectivity index (χ2v) is 6.64. The molecule has 3 rings (SSSR count). The van der Waals surface area contributed by atoms with Crippen molar-refractivity contribution in [3.05, 3.63) is 59.4 Å². The molecule has 0 aliphatic carbocycles. The first-order valence-electron chi connectivity index (χ1n) is 9.31. The molecular formula is C21H24FN3O3. The monoisotopic (exact) mass is 385 g/mol. The van der Waals surface area contributed by atoms with Crippen molar-refractivity contribution in [3.63, 3.8) is 0 Å². The highest BCUT2D eigenvalue weighted by Gasteiger charge is 2.20. The van der Waals surface area contributed by atoms with Crippen LogP contribution in [0.1, 0.15) is 33.6 Å². The van der Waals surface area contributed by atoms with Gasteiger partial charge in [-0.3, -0.25) is 9.59 Å². The number of benzene rings is 2. The Labute approximate surface area is 163 Å². The predicted octanol–water partition coefficient (Wildman–Crippen LogP) is 3.05. The lowest BCUT2D eigenvalue weighted by atomic mass is 10.1. The first-order chi connectivity index (χ1) is 13.6. The predicted molar refractivity (Wildman–Crippen MR) is 106 cm³/mol. The average molecular weight is 385 g/mol. The van der Waals surface area contributed by atoms with Gasteiger partial charge >= 0.3 is 0 Å². The summed E-state index contributed by atoms with van der Waals surface area (Å²) in [7, 11) is 1.58. The molecule has 2 N–H and O–H groups in total. The van der Waals surface area contributed by atoms with E-state index in [0.29, 0.717) is 30.0 Å². The van der Waals surface area contributed by atoms with Crippen molar-refractivity contribution in [2.45, 2.75) is 12.8 Å². The molecule has 0 atom stereocenters. The Morgan fingerprint density at radius 2 is 1.79 bits per heavy atom. The van der Waals surface area contributed by atoms with E-state index in [1.165, 1.54) is 24.3 Å². The van der Waals surface area contributed by atoms with E-state index >= 15 is 0 Å². The van der Waals surface area contributed by atoms with Gasteiger partial charge in [-0.15, -0.1) is 0 Å². The lowest BCUT2D eigenvalue weighted by Gasteiger charge is -2.22.